The van der Waals surface area contributed by atoms with E-state index in [1.54, 1.807) is 32.1 Å². The zero-order valence-electron chi connectivity index (χ0n) is 10.5. The molecule has 0 aromatic carbocycles. The minimum Gasteiger partial charge on any atom is -0.462 e. The third-order valence-corrected chi connectivity index (χ3v) is 2.91. The molecule has 1 rings (SSSR count). The number of allylic oxidation sites excluding steroid dienone is 1. The van der Waals surface area contributed by atoms with Crippen LogP contribution in [0.5, 0.6) is 0 Å². The molecule has 0 atom stereocenters. The van der Waals surface area contributed by atoms with Crippen LogP contribution >= 0.6 is 11.8 Å². The van der Waals surface area contributed by atoms with Crippen molar-refractivity contribution in [3.8, 4) is 0 Å². The third-order valence-electron chi connectivity index (χ3n) is 1.94. The molecule has 1 aliphatic heterocycles. The molecular formula is C11H15N3O3S. The maximum atomic E-state index is 11.6. The molecule has 0 saturated heterocycles. The van der Waals surface area contributed by atoms with Crippen molar-refractivity contribution in [2.45, 2.75) is 6.92 Å². The Balaban J connectivity index is 2.94. The molecule has 98 valence electrons. The Kier molecular flexibility index (Phi) is 4.96. The van der Waals surface area contributed by atoms with Crippen molar-refractivity contribution < 1.29 is 14.3 Å². The van der Waals surface area contributed by atoms with Crippen LogP contribution in [-0.4, -0.2) is 43.0 Å². The molecule has 1 heterocycles. The van der Waals surface area contributed by atoms with Crippen molar-refractivity contribution in [2.75, 3.05) is 20.7 Å². The van der Waals surface area contributed by atoms with E-state index in [2.05, 4.69) is 5.10 Å². The summed E-state index contributed by atoms with van der Waals surface area (Å²) < 4.78 is 4.78. The van der Waals surface area contributed by atoms with Gasteiger partial charge < -0.3 is 15.5 Å². The quantitative estimate of drug-likeness (QED) is 0.345. The highest BCUT2D eigenvalue weighted by Gasteiger charge is 2.32. The number of nitrogens with zero attached hydrogens (tertiary/aromatic N) is 2. The van der Waals surface area contributed by atoms with Crippen molar-refractivity contribution in [3.05, 3.63) is 22.3 Å². The molecule has 18 heavy (non-hydrogen) atoms. The van der Waals surface area contributed by atoms with Crippen LogP contribution in [0.1, 0.15) is 6.92 Å². The molecule has 0 radical (unpaired) electrons. The summed E-state index contributed by atoms with van der Waals surface area (Å²) in [5.41, 5.74) is 5.81. The first-order valence-corrected chi connectivity index (χ1v) is 6.10. The monoisotopic (exact) mass is 269 g/mol. The molecule has 0 aliphatic carbocycles. The molecule has 0 amide bonds. The molecular weight excluding hydrogens is 254 g/mol. The van der Waals surface area contributed by atoms with Gasteiger partial charge >= 0.3 is 5.97 Å². The van der Waals surface area contributed by atoms with E-state index in [4.69, 9.17) is 10.5 Å². The summed E-state index contributed by atoms with van der Waals surface area (Å²) in [4.78, 5) is 23.7. The van der Waals surface area contributed by atoms with Crippen LogP contribution in [0.2, 0.25) is 0 Å². The first-order valence-electron chi connectivity index (χ1n) is 5.28. The molecule has 0 saturated carbocycles. The average Bonchev–Trinajstić information content (AvgIpc) is 2.54. The third kappa shape index (κ3) is 3.36. The largest absolute Gasteiger partial charge is 0.462 e. The van der Waals surface area contributed by atoms with Crippen LogP contribution in [0.3, 0.4) is 0 Å². The fourth-order valence-corrected chi connectivity index (χ4v) is 2.03. The summed E-state index contributed by atoms with van der Waals surface area (Å²) >= 11 is 0.900. The van der Waals surface area contributed by atoms with Gasteiger partial charge in [0.05, 0.1) is 12.3 Å². The summed E-state index contributed by atoms with van der Waals surface area (Å²) in [6.07, 6.45) is 3.10. The summed E-state index contributed by atoms with van der Waals surface area (Å²) in [6, 6.07) is 0. The number of esters is 1. The predicted molar refractivity (Wildman–Crippen MR) is 70.7 cm³/mol. The van der Waals surface area contributed by atoms with Gasteiger partial charge in [0.2, 0.25) is 5.12 Å². The highest BCUT2D eigenvalue weighted by atomic mass is 32.2. The van der Waals surface area contributed by atoms with Crippen molar-refractivity contribution in [1.82, 2.24) is 5.01 Å². The van der Waals surface area contributed by atoms with Gasteiger partial charge in [-0.3, -0.25) is 4.79 Å². The molecule has 0 aromatic heterocycles. The highest BCUT2D eigenvalue weighted by molar-refractivity contribution is 8.18. The van der Waals surface area contributed by atoms with E-state index < -0.39 is 11.1 Å². The maximum absolute atomic E-state index is 11.6. The van der Waals surface area contributed by atoms with Gasteiger partial charge in [-0.25, -0.2) is 4.79 Å². The van der Waals surface area contributed by atoms with Crippen LogP contribution in [0.15, 0.2) is 27.4 Å². The second kappa shape index (κ2) is 6.25. The molecule has 6 nitrogen and oxygen atoms in total. The van der Waals surface area contributed by atoms with E-state index in [1.165, 1.54) is 6.21 Å². The summed E-state index contributed by atoms with van der Waals surface area (Å²) in [7, 11) is 3.54. The van der Waals surface area contributed by atoms with Gasteiger partial charge in [0.15, 0.2) is 0 Å². The van der Waals surface area contributed by atoms with E-state index in [1.807, 2.05) is 0 Å². The Morgan fingerprint density at radius 1 is 1.56 bits per heavy atom. The van der Waals surface area contributed by atoms with Crippen LogP contribution in [0.25, 0.3) is 0 Å². The van der Waals surface area contributed by atoms with Gasteiger partial charge in [-0.2, -0.15) is 5.10 Å². The smallest absolute Gasteiger partial charge is 0.344 e. The Morgan fingerprint density at radius 2 is 2.22 bits per heavy atom. The van der Waals surface area contributed by atoms with E-state index in [0.717, 1.165) is 11.8 Å². The summed E-state index contributed by atoms with van der Waals surface area (Å²) in [5, 5.41) is 5.18. The summed E-state index contributed by atoms with van der Waals surface area (Å²) in [6.45, 7) is 1.87. The number of thioether (sulfide) groups is 1. The Bertz CT molecular complexity index is 452. The maximum Gasteiger partial charge on any atom is 0.344 e. The molecule has 0 bridgehead atoms. The van der Waals surface area contributed by atoms with Gasteiger partial charge in [-0.1, -0.05) is 0 Å². The molecule has 0 spiro atoms. The summed E-state index contributed by atoms with van der Waals surface area (Å²) in [5.74, 6) is -0.680. The topological polar surface area (TPSA) is 85.0 Å². The molecule has 7 heteroatoms. The zero-order valence-corrected chi connectivity index (χ0v) is 11.3. The number of carbonyl (C=O) groups excluding carboxylic acids is 2. The molecule has 1 aliphatic rings. The van der Waals surface area contributed by atoms with Crippen molar-refractivity contribution >= 4 is 29.1 Å². The highest BCUT2D eigenvalue weighted by Crippen LogP contribution is 2.34. The van der Waals surface area contributed by atoms with Crippen LogP contribution < -0.4 is 5.73 Å². The van der Waals surface area contributed by atoms with E-state index in [0.29, 0.717) is 4.91 Å². The minimum absolute atomic E-state index is 0.0913. The van der Waals surface area contributed by atoms with Crippen molar-refractivity contribution in [2.24, 2.45) is 10.8 Å². The first kappa shape index (κ1) is 14.3. The Labute approximate surface area is 110 Å². The standard InChI is InChI=1S/C11H15N3O3S/c1-4-17-10(15)8-9(12)7(18-11(8)16)5-6-13-14(2)3/h5-6H,4,12H2,1-3H3/b7-5-,13-6+. The number of nitrogens with two attached hydrogens (primary N) is 1. The predicted octanol–water partition coefficient (Wildman–Crippen LogP) is 0.467. The van der Waals surface area contributed by atoms with Gasteiger partial charge in [0.25, 0.3) is 0 Å². The van der Waals surface area contributed by atoms with Crippen LogP contribution in [0, 0.1) is 0 Å². The second-order valence-electron chi connectivity index (χ2n) is 3.54. The van der Waals surface area contributed by atoms with Crippen LogP contribution in [-0.2, 0) is 14.3 Å². The number of carbonyl (C=O) groups is 2. The Morgan fingerprint density at radius 3 is 2.78 bits per heavy atom. The van der Waals surface area contributed by atoms with Crippen molar-refractivity contribution in [1.29, 1.82) is 0 Å². The number of hydrogen-bond donors (Lipinski definition) is 1. The van der Waals surface area contributed by atoms with E-state index in [-0.39, 0.29) is 17.9 Å². The fourth-order valence-electron chi connectivity index (χ4n) is 1.19. The number of hydrogen-bond acceptors (Lipinski definition) is 7. The second-order valence-corrected chi connectivity index (χ2v) is 4.56. The van der Waals surface area contributed by atoms with E-state index >= 15 is 0 Å². The lowest BCUT2D eigenvalue weighted by Gasteiger charge is -2.01. The molecule has 0 unspecified atom stereocenters. The normalized spacial score (nSPS) is 17.9. The van der Waals surface area contributed by atoms with Crippen LogP contribution in [0.4, 0.5) is 0 Å². The van der Waals surface area contributed by atoms with E-state index in [9.17, 15) is 9.59 Å². The molecule has 0 aromatic rings. The Hall–Kier alpha value is -1.76. The molecule has 2 N–H and O–H groups in total. The van der Waals surface area contributed by atoms with Gasteiger partial charge in [0.1, 0.15) is 5.57 Å². The van der Waals surface area contributed by atoms with Crippen molar-refractivity contribution in [3.63, 3.8) is 0 Å². The zero-order chi connectivity index (χ0) is 13.7. The van der Waals surface area contributed by atoms with Gasteiger partial charge in [-0.15, -0.1) is 0 Å². The molecule has 0 fully saturated rings. The number of rotatable bonds is 4. The number of ether oxygens (including phenoxy) is 1. The average molecular weight is 269 g/mol. The lowest BCUT2D eigenvalue weighted by atomic mass is 10.2. The lowest BCUT2D eigenvalue weighted by Crippen LogP contribution is -2.15. The number of hydrazone groups is 1. The minimum atomic E-state index is -0.680. The first-order chi connectivity index (χ1) is 8.47. The van der Waals surface area contributed by atoms with Gasteiger partial charge in [0, 0.05) is 25.2 Å². The van der Waals surface area contributed by atoms with Gasteiger partial charge in [-0.05, 0) is 24.8 Å². The fraction of sp³-hybridized carbons (Fsp3) is 0.364. The lowest BCUT2D eigenvalue weighted by molar-refractivity contribution is -0.139. The SMILES string of the molecule is CCOC(=O)C1=C(N)/C(=C/C=N/N(C)C)SC1=O.